The molecular formula is C20H18F7NO2. The van der Waals surface area contributed by atoms with Crippen molar-refractivity contribution in [1.82, 2.24) is 5.32 Å². The van der Waals surface area contributed by atoms with Gasteiger partial charge < -0.3 is 14.8 Å². The molecule has 1 saturated heterocycles. The monoisotopic (exact) mass is 437 g/mol. The second kappa shape index (κ2) is 8.16. The maximum absolute atomic E-state index is 14.4. The molecule has 2 aromatic rings. The Morgan fingerprint density at radius 3 is 2.10 bits per heavy atom. The van der Waals surface area contributed by atoms with E-state index >= 15 is 0 Å². The SMILES string of the molecule is C[C@@H](O[C@@]1(c2ccccc2F)CNCCO1)c1cc(C(F)(F)F)cc(C(F)(F)F)c1. The molecule has 0 aliphatic carbocycles. The second-order valence-corrected chi connectivity index (χ2v) is 6.86. The normalized spacial score (nSPS) is 21.5. The van der Waals surface area contributed by atoms with E-state index < -0.39 is 41.2 Å². The first-order valence-corrected chi connectivity index (χ1v) is 8.99. The smallest absolute Gasteiger partial charge is 0.343 e. The summed E-state index contributed by atoms with van der Waals surface area (Å²) < 4.78 is 105. The van der Waals surface area contributed by atoms with E-state index in [9.17, 15) is 30.7 Å². The molecule has 0 radical (unpaired) electrons. The lowest BCUT2D eigenvalue weighted by atomic mass is 10.00. The largest absolute Gasteiger partial charge is 0.416 e. The summed E-state index contributed by atoms with van der Waals surface area (Å²) in [4.78, 5) is 0. The van der Waals surface area contributed by atoms with Crippen molar-refractivity contribution in [3.05, 3.63) is 70.5 Å². The summed E-state index contributed by atoms with van der Waals surface area (Å²) in [5.41, 5.74) is -3.27. The fraction of sp³-hybridized carbons (Fsp3) is 0.400. The summed E-state index contributed by atoms with van der Waals surface area (Å²) in [5.74, 6) is -2.39. The number of hydrogen-bond donors (Lipinski definition) is 1. The van der Waals surface area contributed by atoms with Gasteiger partial charge in [0.05, 0.1) is 30.4 Å². The number of halogens is 7. The van der Waals surface area contributed by atoms with Gasteiger partial charge in [-0.05, 0) is 36.8 Å². The van der Waals surface area contributed by atoms with E-state index in [4.69, 9.17) is 9.47 Å². The first kappa shape index (κ1) is 22.5. The van der Waals surface area contributed by atoms with Gasteiger partial charge in [-0.25, -0.2) is 4.39 Å². The van der Waals surface area contributed by atoms with E-state index in [2.05, 4.69) is 5.32 Å². The number of hydrogen-bond acceptors (Lipinski definition) is 3. The number of ether oxygens (including phenoxy) is 2. The van der Waals surface area contributed by atoms with Gasteiger partial charge in [0.1, 0.15) is 5.82 Å². The van der Waals surface area contributed by atoms with E-state index in [0.717, 1.165) is 6.07 Å². The molecule has 3 nitrogen and oxygen atoms in total. The molecule has 0 bridgehead atoms. The van der Waals surface area contributed by atoms with Crippen LogP contribution in [0.2, 0.25) is 0 Å². The fourth-order valence-electron chi connectivity index (χ4n) is 3.24. The summed E-state index contributed by atoms with van der Waals surface area (Å²) in [6.45, 7) is 1.78. The Hall–Kier alpha value is -2.17. The number of morpholine rings is 1. The number of rotatable bonds is 4. The first-order chi connectivity index (χ1) is 13.9. The van der Waals surface area contributed by atoms with Crippen LogP contribution in [-0.4, -0.2) is 19.7 Å². The Balaban J connectivity index is 2.02. The molecule has 0 aromatic heterocycles. The molecule has 1 aliphatic heterocycles. The van der Waals surface area contributed by atoms with Crippen molar-refractivity contribution in [3.8, 4) is 0 Å². The van der Waals surface area contributed by atoms with Crippen molar-refractivity contribution in [1.29, 1.82) is 0 Å². The van der Waals surface area contributed by atoms with Crippen LogP contribution in [0.1, 0.15) is 35.3 Å². The first-order valence-electron chi connectivity index (χ1n) is 8.99. The van der Waals surface area contributed by atoms with Crippen molar-refractivity contribution in [2.45, 2.75) is 31.2 Å². The Bertz CT molecular complexity index is 857. The van der Waals surface area contributed by atoms with Gasteiger partial charge in [-0.15, -0.1) is 0 Å². The lowest BCUT2D eigenvalue weighted by molar-refractivity contribution is -0.277. The summed E-state index contributed by atoms with van der Waals surface area (Å²) in [7, 11) is 0. The third-order valence-electron chi connectivity index (χ3n) is 4.70. The molecule has 2 aromatic carbocycles. The average Bonchev–Trinajstić information content (AvgIpc) is 2.67. The fourth-order valence-corrected chi connectivity index (χ4v) is 3.24. The average molecular weight is 437 g/mol. The highest BCUT2D eigenvalue weighted by atomic mass is 19.4. The van der Waals surface area contributed by atoms with Crippen LogP contribution in [0, 0.1) is 5.82 Å². The quantitative estimate of drug-likeness (QED) is 0.649. The predicted molar refractivity (Wildman–Crippen MR) is 92.8 cm³/mol. The van der Waals surface area contributed by atoms with Crippen LogP contribution in [0.5, 0.6) is 0 Å². The van der Waals surface area contributed by atoms with E-state index in [1.54, 1.807) is 0 Å². The molecule has 164 valence electrons. The van der Waals surface area contributed by atoms with Gasteiger partial charge >= 0.3 is 12.4 Å². The summed E-state index contributed by atoms with van der Waals surface area (Å²) in [5, 5.41) is 2.95. The Kier molecular flexibility index (Phi) is 6.13. The highest BCUT2D eigenvalue weighted by molar-refractivity contribution is 5.35. The standard InChI is InChI=1S/C20H18F7NO2/c1-12(13-8-14(19(22,23)24)10-15(9-13)20(25,26)27)30-18(11-28-6-7-29-18)16-4-2-3-5-17(16)21/h2-5,8-10,12,28H,6-7,11H2,1H3/t12-,18-/m1/s1. The molecule has 3 rings (SSSR count). The van der Waals surface area contributed by atoms with Crippen molar-refractivity contribution >= 4 is 0 Å². The van der Waals surface area contributed by atoms with Crippen LogP contribution in [0.4, 0.5) is 30.7 Å². The summed E-state index contributed by atoms with van der Waals surface area (Å²) in [6, 6.07) is 6.74. The molecule has 1 fully saturated rings. The lowest BCUT2D eigenvalue weighted by Gasteiger charge is -2.40. The van der Waals surface area contributed by atoms with E-state index in [1.165, 1.54) is 25.1 Å². The van der Waals surface area contributed by atoms with Gasteiger partial charge in [0.15, 0.2) is 0 Å². The molecule has 30 heavy (non-hydrogen) atoms. The summed E-state index contributed by atoms with van der Waals surface area (Å²) in [6.07, 6.45) is -11.2. The molecule has 10 heteroatoms. The van der Waals surface area contributed by atoms with Gasteiger partial charge in [0, 0.05) is 12.1 Å². The molecule has 0 amide bonds. The van der Waals surface area contributed by atoms with Crippen LogP contribution in [-0.2, 0) is 27.6 Å². The van der Waals surface area contributed by atoms with Gasteiger partial charge in [-0.1, -0.05) is 18.2 Å². The maximum atomic E-state index is 14.4. The highest BCUT2D eigenvalue weighted by Crippen LogP contribution is 2.40. The Morgan fingerprint density at radius 1 is 1.00 bits per heavy atom. The number of benzene rings is 2. The van der Waals surface area contributed by atoms with Crippen LogP contribution in [0.25, 0.3) is 0 Å². The van der Waals surface area contributed by atoms with Gasteiger partial charge in [-0.2, -0.15) is 26.3 Å². The lowest BCUT2D eigenvalue weighted by Crippen LogP contribution is -2.50. The highest BCUT2D eigenvalue weighted by Gasteiger charge is 2.42. The van der Waals surface area contributed by atoms with Crippen LogP contribution < -0.4 is 5.32 Å². The number of nitrogens with one attached hydrogen (secondary N) is 1. The van der Waals surface area contributed by atoms with Crippen molar-refractivity contribution in [2.75, 3.05) is 19.7 Å². The molecule has 0 unspecified atom stereocenters. The van der Waals surface area contributed by atoms with Gasteiger partial charge in [-0.3, -0.25) is 0 Å². The van der Waals surface area contributed by atoms with E-state index in [0.29, 0.717) is 18.7 Å². The minimum Gasteiger partial charge on any atom is -0.343 e. The molecule has 0 saturated carbocycles. The van der Waals surface area contributed by atoms with Gasteiger partial charge in [0.2, 0.25) is 5.79 Å². The summed E-state index contributed by atoms with van der Waals surface area (Å²) >= 11 is 0. The zero-order chi connectivity index (χ0) is 22.2. The molecule has 1 N–H and O–H groups in total. The molecular weight excluding hydrogens is 419 g/mol. The zero-order valence-electron chi connectivity index (χ0n) is 15.7. The van der Waals surface area contributed by atoms with Gasteiger partial charge in [0.25, 0.3) is 0 Å². The minimum absolute atomic E-state index is 0.00734. The molecule has 0 spiro atoms. The van der Waals surface area contributed by atoms with Crippen molar-refractivity contribution in [3.63, 3.8) is 0 Å². The topological polar surface area (TPSA) is 30.5 Å². The number of alkyl halides is 6. The van der Waals surface area contributed by atoms with Crippen LogP contribution >= 0.6 is 0 Å². The Morgan fingerprint density at radius 2 is 1.60 bits per heavy atom. The van der Waals surface area contributed by atoms with Crippen molar-refractivity contribution < 1.29 is 40.2 Å². The van der Waals surface area contributed by atoms with E-state index in [1.807, 2.05) is 0 Å². The third kappa shape index (κ3) is 4.76. The van der Waals surface area contributed by atoms with E-state index in [-0.39, 0.29) is 30.3 Å². The second-order valence-electron chi connectivity index (χ2n) is 6.86. The molecule has 2 atom stereocenters. The van der Waals surface area contributed by atoms with Crippen LogP contribution in [0.15, 0.2) is 42.5 Å². The Labute approximate surface area is 167 Å². The maximum Gasteiger partial charge on any atom is 0.416 e. The zero-order valence-corrected chi connectivity index (χ0v) is 15.7. The molecule has 1 heterocycles. The third-order valence-corrected chi connectivity index (χ3v) is 4.70. The minimum atomic E-state index is -4.98. The van der Waals surface area contributed by atoms with Crippen LogP contribution in [0.3, 0.4) is 0 Å². The molecule has 1 aliphatic rings. The predicted octanol–water partition coefficient (Wildman–Crippen LogP) is 5.41. The van der Waals surface area contributed by atoms with Crippen molar-refractivity contribution in [2.24, 2.45) is 0 Å².